The van der Waals surface area contributed by atoms with Gasteiger partial charge in [0.2, 0.25) is 0 Å². The van der Waals surface area contributed by atoms with Gasteiger partial charge in [0.1, 0.15) is 5.82 Å². The van der Waals surface area contributed by atoms with Gasteiger partial charge in [0.25, 0.3) is 0 Å². The summed E-state index contributed by atoms with van der Waals surface area (Å²) in [5.41, 5.74) is 3.29. The number of aryl methyl sites for hydroxylation is 1. The van der Waals surface area contributed by atoms with Gasteiger partial charge in [0, 0.05) is 20.0 Å². The van der Waals surface area contributed by atoms with Gasteiger partial charge < -0.3 is 5.43 Å². The minimum absolute atomic E-state index is 0.479. The number of hydrogen-bond donors (Lipinski definition) is 2. The number of nitrogen functional groups attached to an aromatic ring is 1. The number of nitrogens with two attached hydrogens (primary N) is 1. The summed E-state index contributed by atoms with van der Waals surface area (Å²) in [6.07, 6.45) is 2.15. The number of nitriles is 1. The van der Waals surface area contributed by atoms with E-state index in [0.29, 0.717) is 31.2 Å². The van der Waals surface area contributed by atoms with Crippen molar-refractivity contribution in [3.63, 3.8) is 0 Å². The van der Waals surface area contributed by atoms with Crippen LogP contribution in [-0.4, -0.2) is 38.2 Å². The van der Waals surface area contributed by atoms with Gasteiger partial charge in [-0.3, -0.25) is 9.58 Å². The zero-order chi connectivity index (χ0) is 13.8. The molecule has 0 spiro atoms. The number of aromatic nitrogens is 4. The highest BCUT2D eigenvalue weighted by atomic mass is 15.3. The Hall–Kier alpha value is -2.24. The lowest BCUT2D eigenvalue weighted by molar-refractivity contribution is 0.326. The molecule has 3 N–H and O–H groups in total. The molecule has 2 heterocycles. The lowest BCUT2D eigenvalue weighted by Gasteiger charge is -2.14. The van der Waals surface area contributed by atoms with Crippen LogP contribution in [0.5, 0.6) is 0 Å². The summed E-state index contributed by atoms with van der Waals surface area (Å²) >= 11 is 0. The second kappa shape index (κ2) is 5.60. The van der Waals surface area contributed by atoms with Crippen LogP contribution in [0, 0.1) is 11.3 Å². The molecule has 2 rings (SSSR count). The van der Waals surface area contributed by atoms with Crippen LogP contribution in [0.3, 0.4) is 0 Å². The largest absolute Gasteiger partial charge is 0.308 e. The molecule has 100 valence electrons. The Morgan fingerprint density at radius 3 is 3.00 bits per heavy atom. The fraction of sp³-hybridized carbons (Fsp3) is 0.455. The second-order valence-electron chi connectivity index (χ2n) is 4.28. The van der Waals surface area contributed by atoms with Crippen LogP contribution in [0.2, 0.25) is 0 Å². The van der Waals surface area contributed by atoms with Gasteiger partial charge in [-0.15, -0.1) is 0 Å². The molecule has 0 saturated carbocycles. The van der Waals surface area contributed by atoms with Crippen LogP contribution < -0.4 is 11.3 Å². The maximum atomic E-state index is 8.57. The fourth-order valence-corrected chi connectivity index (χ4v) is 1.81. The van der Waals surface area contributed by atoms with Crippen LogP contribution in [0.4, 0.5) is 5.82 Å². The predicted molar refractivity (Wildman–Crippen MR) is 70.7 cm³/mol. The smallest absolute Gasteiger partial charge is 0.163 e. The highest BCUT2D eigenvalue weighted by Gasteiger charge is 2.11. The Kier molecular flexibility index (Phi) is 3.89. The number of hydrogen-bond acceptors (Lipinski definition) is 7. The lowest BCUT2D eigenvalue weighted by atomic mass is 10.3. The molecule has 2 aromatic heterocycles. The monoisotopic (exact) mass is 260 g/mol. The first-order valence-electron chi connectivity index (χ1n) is 5.86. The number of anilines is 1. The first-order chi connectivity index (χ1) is 9.15. The summed E-state index contributed by atoms with van der Waals surface area (Å²) < 4.78 is 1.68. The molecule has 0 aliphatic carbocycles. The summed E-state index contributed by atoms with van der Waals surface area (Å²) in [7, 11) is 3.74. The number of nitrogens with one attached hydrogen (secondary N) is 1. The van der Waals surface area contributed by atoms with E-state index in [1.165, 1.54) is 0 Å². The molecule has 0 fully saturated rings. The van der Waals surface area contributed by atoms with Gasteiger partial charge in [0.05, 0.1) is 24.2 Å². The third-order valence-electron chi connectivity index (χ3n) is 2.79. The van der Waals surface area contributed by atoms with Gasteiger partial charge in [-0.1, -0.05) is 0 Å². The number of fused-ring (bicyclic) bond motifs is 1. The van der Waals surface area contributed by atoms with Crippen molar-refractivity contribution in [2.24, 2.45) is 12.9 Å². The minimum atomic E-state index is 0.479. The quantitative estimate of drug-likeness (QED) is 0.575. The van der Waals surface area contributed by atoms with E-state index in [1.807, 2.05) is 19.0 Å². The van der Waals surface area contributed by atoms with Crippen LogP contribution in [0.25, 0.3) is 11.0 Å². The molecular formula is C11H16N8. The molecule has 0 aliphatic heterocycles. The van der Waals surface area contributed by atoms with Gasteiger partial charge in [-0.2, -0.15) is 10.4 Å². The molecule has 0 saturated heterocycles. The van der Waals surface area contributed by atoms with Crippen molar-refractivity contribution in [2.75, 3.05) is 19.0 Å². The summed E-state index contributed by atoms with van der Waals surface area (Å²) in [4.78, 5) is 10.8. The second-order valence-corrected chi connectivity index (χ2v) is 4.28. The molecule has 0 radical (unpaired) electrons. The van der Waals surface area contributed by atoms with E-state index in [2.05, 4.69) is 26.6 Å². The van der Waals surface area contributed by atoms with Crippen molar-refractivity contribution in [3.05, 3.63) is 12.0 Å². The first kappa shape index (κ1) is 13.2. The normalized spacial score (nSPS) is 10.9. The van der Waals surface area contributed by atoms with E-state index in [-0.39, 0.29) is 0 Å². The van der Waals surface area contributed by atoms with Gasteiger partial charge >= 0.3 is 0 Å². The van der Waals surface area contributed by atoms with Gasteiger partial charge in [0.15, 0.2) is 11.5 Å². The van der Waals surface area contributed by atoms with Gasteiger partial charge in [-0.25, -0.2) is 15.8 Å². The maximum Gasteiger partial charge on any atom is 0.163 e. The molecule has 0 aromatic carbocycles. The van der Waals surface area contributed by atoms with Crippen molar-refractivity contribution < 1.29 is 0 Å². The Morgan fingerprint density at radius 2 is 2.32 bits per heavy atom. The summed E-state index contributed by atoms with van der Waals surface area (Å²) in [5, 5.41) is 13.5. The molecule has 8 nitrogen and oxygen atoms in total. The van der Waals surface area contributed by atoms with Crippen molar-refractivity contribution in [3.8, 4) is 6.07 Å². The predicted octanol–water partition coefficient (Wildman–Crippen LogP) is -0.00562. The molecule has 19 heavy (non-hydrogen) atoms. The molecule has 0 aliphatic rings. The summed E-state index contributed by atoms with van der Waals surface area (Å²) in [6, 6.07) is 2.11. The van der Waals surface area contributed by atoms with Gasteiger partial charge in [-0.05, 0) is 7.05 Å². The Morgan fingerprint density at radius 1 is 1.53 bits per heavy atom. The van der Waals surface area contributed by atoms with E-state index in [0.717, 1.165) is 11.0 Å². The molecule has 0 bridgehead atoms. The number of hydrazine groups is 1. The van der Waals surface area contributed by atoms with Crippen molar-refractivity contribution in [1.82, 2.24) is 24.6 Å². The molecule has 0 unspecified atom stereocenters. The number of nitrogens with zero attached hydrogens (tertiary/aromatic N) is 6. The Balaban J connectivity index is 2.28. The maximum absolute atomic E-state index is 8.57. The van der Waals surface area contributed by atoms with E-state index >= 15 is 0 Å². The van der Waals surface area contributed by atoms with Crippen molar-refractivity contribution >= 4 is 16.9 Å². The average Bonchev–Trinajstić information content (AvgIpc) is 2.77. The average molecular weight is 260 g/mol. The zero-order valence-electron chi connectivity index (χ0n) is 11.0. The molecule has 0 atom stereocenters. The third kappa shape index (κ3) is 2.78. The van der Waals surface area contributed by atoms with Crippen LogP contribution in [0.15, 0.2) is 6.20 Å². The van der Waals surface area contributed by atoms with E-state index in [1.54, 1.807) is 10.9 Å². The van der Waals surface area contributed by atoms with E-state index < -0.39 is 0 Å². The molecule has 8 heteroatoms. The van der Waals surface area contributed by atoms with Crippen LogP contribution in [0.1, 0.15) is 12.2 Å². The van der Waals surface area contributed by atoms with Crippen LogP contribution in [-0.2, 0) is 13.6 Å². The zero-order valence-corrected chi connectivity index (χ0v) is 11.0. The summed E-state index contributed by atoms with van der Waals surface area (Å²) in [5.74, 6) is 6.67. The lowest BCUT2D eigenvalue weighted by Crippen LogP contribution is -2.21. The van der Waals surface area contributed by atoms with E-state index in [4.69, 9.17) is 11.1 Å². The van der Waals surface area contributed by atoms with Crippen LogP contribution >= 0.6 is 0 Å². The SMILES string of the molecule is CN(CCC#N)Cc1nc(NN)c2cnn(C)c2n1. The topological polar surface area (TPSA) is 109 Å². The summed E-state index contributed by atoms with van der Waals surface area (Å²) in [6.45, 7) is 1.23. The standard InChI is InChI=1S/C11H16N8/c1-18(5-3-4-12)7-9-15-10(17-13)8-6-14-19(2)11(8)16-9/h6H,3,5,7,13H2,1-2H3,(H,15,16,17). The fourth-order valence-electron chi connectivity index (χ4n) is 1.81. The Labute approximate surface area is 110 Å². The molecule has 0 amide bonds. The number of rotatable bonds is 5. The van der Waals surface area contributed by atoms with Crippen molar-refractivity contribution in [2.45, 2.75) is 13.0 Å². The molecular weight excluding hydrogens is 244 g/mol. The van der Waals surface area contributed by atoms with E-state index in [9.17, 15) is 0 Å². The third-order valence-corrected chi connectivity index (χ3v) is 2.79. The first-order valence-corrected chi connectivity index (χ1v) is 5.86. The highest BCUT2D eigenvalue weighted by Crippen LogP contribution is 2.18. The van der Waals surface area contributed by atoms with Crippen molar-refractivity contribution in [1.29, 1.82) is 5.26 Å². The highest BCUT2D eigenvalue weighted by molar-refractivity contribution is 5.86. The minimum Gasteiger partial charge on any atom is -0.308 e. The molecule has 2 aromatic rings. The Bertz CT molecular complexity index is 611.